The summed E-state index contributed by atoms with van der Waals surface area (Å²) in [6, 6.07) is 5.10. The van der Waals surface area contributed by atoms with Gasteiger partial charge in [-0.2, -0.15) is 0 Å². The van der Waals surface area contributed by atoms with Gasteiger partial charge in [-0.05, 0) is 37.0 Å². The summed E-state index contributed by atoms with van der Waals surface area (Å²) in [4.78, 5) is 11.9. The van der Waals surface area contributed by atoms with E-state index in [9.17, 15) is 4.79 Å². The molecule has 0 aliphatic heterocycles. The van der Waals surface area contributed by atoms with E-state index >= 15 is 0 Å². The first kappa shape index (κ1) is 13.7. The molecular weight excluding hydrogens is 269 g/mol. The van der Waals surface area contributed by atoms with Crippen molar-refractivity contribution in [2.24, 2.45) is 5.92 Å². The quantitative estimate of drug-likeness (QED) is 0.841. The van der Waals surface area contributed by atoms with E-state index in [2.05, 4.69) is 5.32 Å². The monoisotopic (exact) mass is 285 g/mol. The molecule has 4 heteroatoms. The van der Waals surface area contributed by atoms with Gasteiger partial charge in [-0.15, -0.1) is 0 Å². The maximum absolute atomic E-state index is 11.9. The number of nitrogens with one attached hydrogen (secondary N) is 1. The Bertz CT molecular complexity index is 428. The van der Waals surface area contributed by atoms with Crippen LogP contribution >= 0.6 is 23.2 Å². The Hall–Kier alpha value is -0.730. The predicted molar refractivity (Wildman–Crippen MR) is 76.3 cm³/mol. The molecule has 0 spiro atoms. The molecule has 1 aliphatic rings. The lowest BCUT2D eigenvalue weighted by Gasteiger charge is -2.20. The molecule has 0 saturated heterocycles. The average Bonchev–Trinajstić information content (AvgIpc) is 2.34. The van der Waals surface area contributed by atoms with Crippen LogP contribution in [0.25, 0.3) is 0 Å². The Balaban J connectivity index is 1.90. The molecule has 1 fully saturated rings. The zero-order valence-electron chi connectivity index (χ0n) is 10.2. The van der Waals surface area contributed by atoms with Crippen molar-refractivity contribution in [3.63, 3.8) is 0 Å². The number of benzene rings is 1. The van der Waals surface area contributed by atoms with E-state index in [0.717, 1.165) is 0 Å². The average molecular weight is 286 g/mol. The van der Waals surface area contributed by atoms with E-state index in [1.165, 1.54) is 32.1 Å². The van der Waals surface area contributed by atoms with Crippen LogP contribution < -0.4 is 5.32 Å². The van der Waals surface area contributed by atoms with Crippen molar-refractivity contribution < 1.29 is 4.79 Å². The molecule has 2 rings (SSSR count). The highest BCUT2D eigenvalue weighted by Gasteiger charge is 2.17. The third kappa shape index (κ3) is 3.89. The normalized spacial score (nSPS) is 16.6. The van der Waals surface area contributed by atoms with E-state index in [1.807, 2.05) is 0 Å². The lowest BCUT2D eigenvalue weighted by molar-refractivity contribution is -0.117. The number of amides is 1. The number of anilines is 1. The van der Waals surface area contributed by atoms with Crippen LogP contribution in [-0.2, 0) is 4.79 Å². The van der Waals surface area contributed by atoms with Crippen molar-refractivity contribution in [2.75, 3.05) is 5.32 Å². The van der Waals surface area contributed by atoms with Crippen LogP contribution in [0.4, 0.5) is 5.69 Å². The third-order valence-corrected chi connectivity index (χ3v) is 3.95. The van der Waals surface area contributed by atoms with Gasteiger partial charge in [-0.25, -0.2) is 0 Å². The van der Waals surface area contributed by atoms with Crippen LogP contribution in [0.15, 0.2) is 18.2 Å². The molecule has 1 saturated carbocycles. The molecular formula is C14H17Cl2NO. The summed E-state index contributed by atoms with van der Waals surface area (Å²) in [5.41, 5.74) is 0.641. The predicted octanol–water partition coefficient (Wildman–Crippen LogP) is 4.90. The van der Waals surface area contributed by atoms with Crippen LogP contribution in [0.3, 0.4) is 0 Å². The summed E-state index contributed by atoms with van der Waals surface area (Å²) in [6.07, 6.45) is 6.74. The van der Waals surface area contributed by atoms with E-state index < -0.39 is 0 Å². The van der Waals surface area contributed by atoms with Crippen molar-refractivity contribution in [3.05, 3.63) is 28.2 Å². The van der Waals surface area contributed by atoms with Crippen LogP contribution in [0.2, 0.25) is 10.0 Å². The van der Waals surface area contributed by atoms with Gasteiger partial charge in [0.25, 0.3) is 0 Å². The minimum atomic E-state index is 0.0473. The highest BCUT2D eigenvalue weighted by molar-refractivity contribution is 6.36. The van der Waals surface area contributed by atoms with Gasteiger partial charge in [0.2, 0.25) is 5.91 Å². The van der Waals surface area contributed by atoms with Crippen LogP contribution in [0, 0.1) is 5.92 Å². The number of hydrogen-bond acceptors (Lipinski definition) is 1. The highest BCUT2D eigenvalue weighted by Crippen LogP contribution is 2.28. The molecule has 2 nitrogen and oxygen atoms in total. The minimum Gasteiger partial charge on any atom is -0.325 e. The number of rotatable bonds is 3. The second-order valence-electron chi connectivity index (χ2n) is 4.88. The standard InChI is InChI=1S/C14H17Cl2NO/c15-11-6-7-13(12(16)9-11)17-14(18)8-10-4-2-1-3-5-10/h6-7,9-10H,1-5,8H2,(H,17,18). The number of halogens is 2. The first-order valence-corrected chi connectivity index (χ1v) is 7.15. The largest absolute Gasteiger partial charge is 0.325 e. The Morgan fingerprint density at radius 2 is 1.94 bits per heavy atom. The fourth-order valence-corrected chi connectivity index (χ4v) is 2.90. The van der Waals surface area contributed by atoms with E-state index in [4.69, 9.17) is 23.2 Å². The molecule has 1 aliphatic carbocycles. The summed E-state index contributed by atoms with van der Waals surface area (Å²) in [5, 5.41) is 3.92. The molecule has 1 aromatic carbocycles. The lowest BCUT2D eigenvalue weighted by Crippen LogP contribution is -2.18. The molecule has 0 radical (unpaired) electrons. The van der Waals surface area contributed by atoms with Crippen molar-refractivity contribution in [2.45, 2.75) is 38.5 Å². The molecule has 0 bridgehead atoms. The fraction of sp³-hybridized carbons (Fsp3) is 0.500. The molecule has 1 N–H and O–H groups in total. The Morgan fingerprint density at radius 1 is 1.22 bits per heavy atom. The summed E-state index contributed by atoms with van der Waals surface area (Å²) in [7, 11) is 0. The second-order valence-corrected chi connectivity index (χ2v) is 5.72. The molecule has 1 amide bonds. The van der Waals surface area contributed by atoms with Gasteiger partial charge < -0.3 is 5.32 Å². The topological polar surface area (TPSA) is 29.1 Å². The van der Waals surface area contributed by atoms with Gasteiger partial charge in [-0.3, -0.25) is 4.79 Å². The lowest BCUT2D eigenvalue weighted by atomic mass is 9.87. The highest BCUT2D eigenvalue weighted by atomic mass is 35.5. The van der Waals surface area contributed by atoms with E-state index in [1.54, 1.807) is 18.2 Å². The summed E-state index contributed by atoms with van der Waals surface area (Å²) >= 11 is 11.8. The molecule has 0 aromatic heterocycles. The first-order valence-electron chi connectivity index (χ1n) is 6.40. The fourth-order valence-electron chi connectivity index (χ4n) is 2.45. The third-order valence-electron chi connectivity index (χ3n) is 3.40. The SMILES string of the molecule is O=C(CC1CCCCC1)Nc1ccc(Cl)cc1Cl. The van der Waals surface area contributed by atoms with Gasteiger partial charge in [-0.1, -0.05) is 42.5 Å². The van der Waals surface area contributed by atoms with Crippen molar-refractivity contribution in [1.29, 1.82) is 0 Å². The first-order chi connectivity index (χ1) is 8.65. The number of carbonyl (C=O) groups excluding carboxylic acids is 1. The van der Waals surface area contributed by atoms with Crippen LogP contribution in [0.1, 0.15) is 38.5 Å². The molecule has 18 heavy (non-hydrogen) atoms. The zero-order valence-corrected chi connectivity index (χ0v) is 11.7. The number of hydrogen-bond donors (Lipinski definition) is 1. The maximum Gasteiger partial charge on any atom is 0.224 e. The van der Waals surface area contributed by atoms with E-state index in [-0.39, 0.29) is 5.91 Å². The molecule has 1 aromatic rings. The molecule has 0 unspecified atom stereocenters. The van der Waals surface area contributed by atoms with Gasteiger partial charge in [0.15, 0.2) is 0 Å². The molecule has 0 heterocycles. The smallest absolute Gasteiger partial charge is 0.224 e. The van der Waals surface area contributed by atoms with Crippen molar-refractivity contribution >= 4 is 34.8 Å². The summed E-state index contributed by atoms with van der Waals surface area (Å²) in [5.74, 6) is 0.580. The van der Waals surface area contributed by atoms with Crippen molar-refractivity contribution in [3.8, 4) is 0 Å². The maximum atomic E-state index is 11.9. The number of carbonyl (C=O) groups is 1. The summed E-state index contributed by atoms with van der Waals surface area (Å²) in [6.45, 7) is 0. The van der Waals surface area contributed by atoms with E-state index in [0.29, 0.717) is 28.1 Å². The minimum absolute atomic E-state index is 0.0473. The zero-order chi connectivity index (χ0) is 13.0. The Labute approximate surface area is 118 Å². The van der Waals surface area contributed by atoms with Gasteiger partial charge in [0.1, 0.15) is 0 Å². The summed E-state index contributed by atoms with van der Waals surface area (Å²) < 4.78 is 0. The second kappa shape index (κ2) is 6.44. The van der Waals surface area contributed by atoms with Crippen LogP contribution in [0.5, 0.6) is 0 Å². The Morgan fingerprint density at radius 3 is 2.61 bits per heavy atom. The molecule has 98 valence electrons. The Kier molecular flexibility index (Phi) is 4.90. The van der Waals surface area contributed by atoms with Gasteiger partial charge in [0, 0.05) is 11.4 Å². The van der Waals surface area contributed by atoms with Crippen LogP contribution in [-0.4, -0.2) is 5.91 Å². The molecule has 0 atom stereocenters. The van der Waals surface area contributed by atoms with Gasteiger partial charge >= 0.3 is 0 Å². The van der Waals surface area contributed by atoms with Crippen molar-refractivity contribution in [1.82, 2.24) is 0 Å². The van der Waals surface area contributed by atoms with Gasteiger partial charge in [0.05, 0.1) is 10.7 Å².